The minimum atomic E-state index is -0.115. The second kappa shape index (κ2) is 5.97. The Labute approximate surface area is 150 Å². The maximum Gasteiger partial charge on any atom is 0.266 e. The van der Waals surface area contributed by atoms with Gasteiger partial charge in [0, 0.05) is 30.0 Å². The van der Waals surface area contributed by atoms with Crippen LogP contribution in [0.2, 0.25) is 0 Å². The number of piperidine rings is 1. The van der Waals surface area contributed by atoms with Crippen LogP contribution in [-0.4, -0.2) is 29.8 Å². The molecule has 0 unspecified atom stereocenters. The van der Waals surface area contributed by atoms with Gasteiger partial charge in [0.25, 0.3) is 11.8 Å². The van der Waals surface area contributed by atoms with E-state index in [2.05, 4.69) is 26.5 Å². The third-order valence-electron chi connectivity index (χ3n) is 5.23. The fourth-order valence-corrected chi connectivity index (χ4v) is 4.83. The van der Waals surface area contributed by atoms with Crippen molar-refractivity contribution >= 4 is 17.3 Å². The maximum absolute atomic E-state index is 6.27. The molecule has 128 valence electrons. The minimum Gasteiger partial charge on any atom is -0.370 e. The summed E-state index contributed by atoms with van der Waals surface area (Å²) < 4.78 is 11.7. The number of hydrogen-bond acceptors (Lipinski definition) is 6. The third kappa shape index (κ3) is 2.56. The van der Waals surface area contributed by atoms with Crippen LogP contribution in [0.3, 0.4) is 0 Å². The highest BCUT2D eigenvalue weighted by Gasteiger charge is 2.42. The number of aromatic nitrogens is 2. The topological polar surface area (TPSA) is 51.4 Å². The molecule has 1 saturated heterocycles. The molecule has 5 nitrogen and oxygen atoms in total. The fraction of sp³-hybridized carbons (Fsp3) is 0.368. The first-order valence-electron chi connectivity index (χ1n) is 8.69. The zero-order valence-electron chi connectivity index (χ0n) is 13.9. The van der Waals surface area contributed by atoms with Crippen LogP contribution < -0.4 is 4.90 Å². The van der Waals surface area contributed by atoms with E-state index in [-0.39, 0.29) is 5.60 Å². The molecule has 6 heteroatoms. The van der Waals surface area contributed by atoms with Gasteiger partial charge in [-0.2, -0.15) is 4.98 Å². The lowest BCUT2D eigenvalue weighted by Crippen LogP contribution is -2.46. The van der Waals surface area contributed by atoms with E-state index in [1.807, 2.05) is 41.7 Å². The van der Waals surface area contributed by atoms with E-state index >= 15 is 0 Å². The predicted molar refractivity (Wildman–Crippen MR) is 96.8 cm³/mol. The molecule has 0 N–H and O–H groups in total. The molecule has 5 rings (SSSR count). The normalized spacial score (nSPS) is 19.1. The first kappa shape index (κ1) is 15.1. The summed E-state index contributed by atoms with van der Waals surface area (Å²) in [6, 6.07) is 12.1. The number of ether oxygens (including phenoxy) is 1. The summed E-state index contributed by atoms with van der Waals surface area (Å²) in [5, 5.41) is 6.38. The van der Waals surface area contributed by atoms with E-state index in [4.69, 9.17) is 9.26 Å². The Balaban J connectivity index is 1.34. The van der Waals surface area contributed by atoms with E-state index in [0.717, 1.165) is 44.5 Å². The third-order valence-corrected chi connectivity index (χ3v) is 6.21. The van der Waals surface area contributed by atoms with Gasteiger partial charge in [-0.3, -0.25) is 0 Å². The summed E-state index contributed by atoms with van der Waals surface area (Å²) in [5.74, 6) is 1.25. The smallest absolute Gasteiger partial charge is 0.266 e. The molecule has 2 aliphatic heterocycles. The molecule has 2 aromatic heterocycles. The van der Waals surface area contributed by atoms with Crippen molar-refractivity contribution in [3.05, 3.63) is 52.2 Å². The zero-order chi connectivity index (χ0) is 16.7. The summed E-state index contributed by atoms with van der Waals surface area (Å²) in [4.78, 5) is 8.27. The van der Waals surface area contributed by atoms with Gasteiger partial charge in [-0.1, -0.05) is 18.2 Å². The quantitative estimate of drug-likeness (QED) is 0.700. The van der Waals surface area contributed by atoms with Gasteiger partial charge < -0.3 is 14.2 Å². The Hall–Kier alpha value is -2.18. The molecule has 1 spiro atoms. The van der Waals surface area contributed by atoms with Crippen LogP contribution in [0, 0.1) is 0 Å². The summed E-state index contributed by atoms with van der Waals surface area (Å²) in [5.41, 5.74) is 2.24. The summed E-state index contributed by atoms with van der Waals surface area (Å²) in [7, 11) is 0. The zero-order valence-corrected chi connectivity index (χ0v) is 14.7. The molecule has 0 bridgehead atoms. The van der Waals surface area contributed by atoms with Gasteiger partial charge in [0.05, 0.1) is 12.2 Å². The molecule has 3 aromatic rings. The van der Waals surface area contributed by atoms with E-state index in [1.54, 1.807) is 0 Å². The van der Waals surface area contributed by atoms with Crippen LogP contribution in [0.15, 0.2) is 46.3 Å². The van der Waals surface area contributed by atoms with Crippen LogP contribution in [-0.2, 0) is 16.8 Å². The monoisotopic (exact) mass is 353 g/mol. The number of thiophene rings is 1. The Bertz CT molecular complexity index is 866. The summed E-state index contributed by atoms with van der Waals surface area (Å²) in [6.45, 7) is 2.58. The molecule has 0 amide bonds. The Morgan fingerprint density at radius 1 is 1.08 bits per heavy atom. The number of benzene rings is 1. The van der Waals surface area contributed by atoms with Gasteiger partial charge in [-0.15, -0.1) is 11.3 Å². The number of hydrogen-bond donors (Lipinski definition) is 0. The lowest BCUT2D eigenvalue weighted by molar-refractivity contribution is -0.0758. The standard InChI is InChI=1S/C19H19N3O2S/c1-2-4-14(5-3-1)17-20-18(21-24-17)22-10-8-19(9-11-22)15-7-13-25-16(15)6-12-23-19/h1-5,7,13H,6,8-12H2. The number of rotatable bonds is 2. The number of anilines is 1. The Morgan fingerprint density at radius 3 is 2.76 bits per heavy atom. The molecule has 0 radical (unpaired) electrons. The van der Waals surface area contributed by atoms with Crippen molar-refractivity contribution in [2.45, 2.75) is 24.9 Å². The Morgan fingerprint density at radius 2 is 1.92 bits per heavy atom. The van der Waals surface area contributed by atoms with Gasteiger partial charge in [-0.25, -0.2) is 0 Å². The number of fused-ring (bicyclic) bond motifs is 2. The predicted octanol–water partition coefficient (Wildman–Crippen LogP) is 3.87. The molecule has 25 heavy (non-hydrogen) atoms. The van der Waals surface area contributed by atoms with Crippen LogP contribution in [0.25, 0.3) is 11.5 Å². The van der Waals surface area contributed by atoms with Crippen molar-refractivity contribution in [1.29, 1.82) is 0 Å². The molecule has 1 fully saturated rings. The van der Waals surface area contributed by atoms with E-state index in [1.165, 1.54) is 10.4 Å². The second-order valence-electron chi connectivity index (χ2n) is 6.60. The lowest BCUT2D eigenvalue weighted by atomic mass is 9.82. The summed E-state index contributed by atoms with van der Waals surface area (Å²) >= 11 is 1.86. The largest absolute Gasteiger partial charge is 0.370 e. The maximum atomic E-state index is 6.27. The van der Waals surface area contributed by atoms with Crippen molar-refractivity contribution in [2.24, 2.45) is 0 Å². The van der Waals surface area contributed by atoms with Gasteiger partial charge in [0.1, 0.15) is 0 Å². The number of nitrogens with zero attached hydrogens (tertiary/aromatic N) is 3. The van der Waals surface area contributed by atoms with Crippen molar-refractivity contribution < 1.29 is 9.26 Å². The Kier molecular flexibility index (Phi) is 3.60. The van der Waals surface area contributed by atoms with Crippen LogP contribution in [0.4, 0.5) is 5.95 Å². The van der Waals surface area contributed by atoms with Crippen LogP contribution in [0.5, 0.6) is 0 Å². The lowest BCUT2D eigenvalue weighted by Gasteiger charge is -2.43. The first-order valence-corrected chi connectivity index (χ1v) is 9.57. The van der Waals surface area contributed by atoms with E-state index in [9.17, 15) is 0 Å². The molecule has 0 saturated carbocycles. The molecule has 4 heterocycles. The molecule has 1 aromatic carbocycles. The molecular weight excluding hydrogens is 334 g/mol. The van der Waals surface area contributed by atoms with Crippen molar-refractivity contribution in [3.63, 3.8) is 0 Å². The highest BCUT2D eigenvalue weighted by Crippen LogP contribution is 2.43. The van der Waals surface area contributed by atoms with Gasteiger partial charge in [-0.05, 0) is 47.1 Å². The molecule has 0 aliphatic carbocycles. The average Bonchev–Trinajstić information content (AvgIpc) is 3.34. The highest BCUT2D eigenvalue weighted by molar-refractivity contribution is 7.10. The molecular formula is C19H19N3O2S. The fourth-order valence-electron chi connectivity index (χ4n) is 3.88. The van der Waals surface area contributed by atoms with Gasteiger partial charge >= 0.3 is 0 Å². The van der Waals surface area contributed by atoms with Crippen molar-refractivity contribution in [1.82, 2.24) is 10.1 Å². The second-order valence-corrected chi connectivity index (χ2v) is 7.60. The molecule has 2 aliphatic rings. The first-order chi connectivity index (χ1) is 12.3. The SMILES string of the molecule is c1ccc(-c2nc(N3CCC4(CC3)OCCc3sccc34)no2)cc1. The van der Waals surface area contributed by atoms with E-state index in [0.29, 0.717) is 11.8 Å². The van der Waals surface area contributed by atoms with Crippen molar-refractivity contribution in [3.8, 4) is 11.5 Å². The molecule has 0 atom stereocenters. The average molecular weight is 353 g/mol. The van der Waals surface area contributed by atoms with Gasteiger partial charge in [0.15, 0.2) is 0 Å². The summed E-state index contributed by atoms with van der Waals surface area (Å²) in [6.07, 6.45) is 2.97. The van der Waals surface area contributed by atoms with Gasteiger partial charge in [0.2, 0.25) is 0 Å². The van der Waals surface area contributed by atoms with Crippen LogP contribution in [0.1, 0.15) is 23.3 Å². The van der Waals surface area contributed by atoms with Crippen molar-refractivity contribution in [2.75, 3.05) is 24.6 Å². The minimum absolute atomic E-state index is 0.115. The van der Waals surface area contributed by atoms with E-state index < -0.39 is 0 Å². The highest BCUT2D eigenvalue weighted by atomic mass is 32.1. The van der Waals surface area contributed by atoms with Crippen LogP contribution >= 0.6 is 11.3 Å².